The van der Waals surface area contributed by atoms with E-state index in [0.29, 0.717) is 41.9 Å². The number of nitrogens with two attached hydrogens (primary N) is 1. The molecule has 1 aliphatic rings. The Morgan fingerprint density at radius 3 is 2.72 bits per heavy atom. The summed E-state index contributed by atoms with van der Waals surface area (Å²) in [5, 5.41) is 10.6. The third-order valence-corrected chi connectivity index (χ3v) is 5.24. The van der Waals surface area contributed by atoms with Crippen LogP contribution in [-0.4, -0.2) is 30.2 Å². The van der Waals surface area contributed by atoms with Crippen LogP contribution in [0.15, 0.2) is 24.3 Å². The van der Waals surface area contributed by atoms with Gasteiger partial charge in [-0.2, -0.15) is 0 Å². The molecule has 1 saturated carbocycles. The van der Waals surface area contributed by atoms with E-state index in [-0.39, 0.29) is 17.5 Å². The Hall–Kier alpha value is -2.98. The van der Waals surface area contributed by atoms with Gasteiger partial charge in [-0.15, -0.1) is 0 Å². The third-order valence-electron chi connectivity index (χ3n) is 5.24. The minimum Gasteiger partial charge on any atom is -0.382 e. The topological polar surface area (TPSA) is 89.9 Å². The van der Waals surface area contributed by atoms with Crippen LogP contribution in [0.25, 0.3) is 22.6 Å². The van der Waals surface area contributed by atoms with Crippen LogP contribution in [0.2, 0.25) is 0 Å². The van der Waals surface area contributed by atoms with Gasteiger partial charge in [-0.1, -0.05) is 31.4 Å². The number of fused-ring (bicyclic) bond motifs is 1. The van der Waals surface area contributed by atoms with E-state index in [9.17, 15) is 9.50 Å². The molecule has 3 aromatic rings. The van der Waals surface area contributed by atoms with E-state index in [1.165, 1.54) is 12.1 Å². The second kappa shape index (κ2) is 7.80. The van der Waals surface area contributed by atoms with Crippen LogP contribution in [0.5, 0.6) is 0 Å². The van der Waals surface area contributed by atoms with Crippen molar-refractivity contribution in [2.24, 2.45) is 0 Å². The Balaban J connectivity index is 1.82. The quantitative estimate of drug-likeness (QED) is 0.663. The lowest BCUT2D eigenvalue weighted by atomic mass is 9.85. The number of hydrogen-bond donors (Lipinski definition) is 2. The summed E-state index contributed by atoms with van der Waals surface area (Å²) in [5.41, 5.74) is 6.86. The number of aryl methyl sites for hydroxylation is 1. The lowest BCUT2D eigenvalue weighted by molar-refractivity contribution is 0.0610. The summed E-state index contributed by atoms with van der Waals surface area (Å²) in [6, 6.07) is 6.29. The van der Waals surface area contributed by atoms with E-state index in [4.69, 9.17) is 5.73 Å². The maximum Gasteiger partial charge on any atom is 0.209 e. The van der Waals surface area contributed by atoms with Gasteiger partial charge in [0.1, 0.15) is 17.2 Å². The van der Waals surface area contributed by atoms with Crippen LogP contribution in [0.4, 0.5) is 10.2 Å². The number of nitrogen functional groups attached to an aromatic ring is 1. The first-order valence-corrected chi connectivity index (χ1v) is 10.0. The molecule has 2 heterocycles. The van der Waals surface area contributed by atoms with Crippen LogP contribution < -0.4 is 5.73 Å². The molecular formula is C22H24FN5O. The van der Waals surface area contributed by atoms with Crippen LogP contribution in [0.3, 0.4) is 0 Å². The molecule has 0 aliphatic heterocycles. The second-order valence-electron chi connectivity index (χ2n) is 7.54. The number of hydrogen-bond acceptors (Lipinski definition) is 5. The zero-order valence-electron chi connectivity index (χ0n) is 16.5. The molecule has 0 atom stereocenters. The lowest BCUT2D eigenvalue weighted by Crippen LogP contribution is -2.29. The largest absolute Gasteiger partial charge is 0.382 e. The highest BCUT2D eigenvalue weighted by Crippen LogP contribution is 2.28. The van der Waals surface area contributed by atoms with Crippen molar-refractivity contribution in [3.05, 3.63) is 35.9 Å². The predicted octanol–water partition coefficient (Wildman–Crippen LogP) is 3.67. The van der Waals surface area contributed by atoms with Gasteiger partial charge in [0, 0.05) is 12.1 Å². The van der Waals surface area contributed by atoms with Crippen molar-refractivity contribution in [2.75, 3.05) is 5.73 Å². The first kappa shape index (κ1) is 19.3. The summed E-state index contributed by atoms with van der Waals surface area (Å²) < 4.78 is 15.7. The van der Waals surface area contributed by atoms with Crippen LogP contribution in [-0.2, 0) is 6.54 Å². The zero-order valence-corrected chi connectivity index (χ0v) is 16.5. The molecule has 0 saturated heterocycles. The number of aliphatic hydroxyl groups is 1. The van der Waals surface area contributed by atoms with Gasteiger partial charge in [0.25, 0.3) is 0 Å². The summed E-state index contributed by atoms with van der Waals surface area (Å²) in [4.78, 5) is 13.4. The van der Waals surface area contributed by atoms with Gasteiger partial charge in [0.2, 0.25) is 5.82 Å². The molecule has 0 unspecified atom stereocenters. The highest BCUT2D eigenvalue weighted by molar-refractivity contribution is 5.85. The first-order valence-electron chi connectivity index (χ1n) is 10.0. The standard InChI is InChI=1S/C22H24FN5O/c1-2-13-28-20(15-7-6-8-16(23)14-15)27-18-19(24)25-17(26-21(18)28)9-12-22(29)10-4-3-5-11-22/h6-8,14,29H,2-5,10-11,13H2,1H3,(H2,24,25,26). The molecule has 1 aromatic carbocycles. The minimum atomic E-state index is -0.984. The fourth-order valence-electron chi connectivity index (χ4n) is 3.80. The summed E-state index contributed by atoms with van der Waals surface area (Å²) in [6.45, 7) is 2.70. The Labute approximate surface area is 169 Å². The SMILES string of the molecule is CCCn1c(-c2cccc(F)c2)nc2c(N)nc(C#CC3(O)CCCCC3)nc21. The third kappa shape index (κ3) is 3.94. The summed E-state index contributed by atoms with van der Waals surface area (Å²) in [7, 11) is 0. The highest BCUT2D eigenvalue weighted by Gasteiger charge is 2.26. The van der Waals surface area contributed by atoms with Gasteiger partial charge in [-0.25, -0.2) is 19.3 Å². The number of halogens is 1. The van der Waals surface area contributed by atoms with Crippen molar-refractivity contribution < 1.29 is 9.50 Å². The number of aromatic nitrogens is 4. The Bertz CT molecular complexity index is 1110. The van der Waals surface area contributed by atoms with Crippen molar-refractivity contribution >= 4 is 17.0 Å². The first-order chi connectivity index (χ1) is 14.0. The molecule has 0 radical (unpaired) electrons. The Morgan fingerprint density at radius 1 is 1.21 bits per heavy atom. The highest BCUT2D eigenvalue weighted by atomic mass is 19.1. The number of anilines is 1. The van der Waals surface area contributed by atoms with E-state index in [1.54, 1.807) is 12.1 Å². The normalized spacial score (nSPS) is 15.8. The van der Waals surface area contributed by atoms with Gasteiger partial charge in [0.15, 0.2) is 17.0 Å². The summed E-state index contributed by atoms with van der Waals surface area (Å²) in [5.74, 6) is 6.61. The molecule has 150 valence electrons. The van der Waals surface area contributed by atoms with Gasteiger partial charge in [-0.3, -0.25) is 0 Å². The lowest BCUT2D eigenvalue weighted by Gasteiger charge is -2.26. The maximum absolute atomic E-state index is 13.8. The fourth-order valence-corrected chi connectivity index (χ4v) is 3.80. The molecule has 1 fully saturated rings. The Kier molecular flexibility index (Phi) is 5.20. The van der Waals surface area contributed by atoms with Crippen LogP contribution in [0.1, 0.15) is 51.3 Å². The predicted molar refractivity (Wildman–Crippen MR) is 110 cm³/mol. The van der Waals surface area contributed by atoms with Gasteiger partial charge in [-0.05, 0) is 50.2 Å². The van der Waals surface area contributed by atoms with Crippen molar-refractivity contribution in [3.8, 4) is 23.2 Å². The smallest absolute Gasteiger partial charge is 0.209 e. The molecule has 0 spiro atoms. The van der Waals surface area contributed by atoms with Crippen molar-refractivity contribution in [3.63, 3.8) is 0 Å². The number of rotatable bonds is 3. The number of benzene rings is 1. The number of imidazole rings is 1. The maximum atomic E-state index is 13.8. The van der Waals surface area contributed by atoms with E-state index < -0.39 is 5.60 Å². The van der Waals surface area contributed by atoms with Crippen LogP contribution >= 0.6 is 0 Å². The zero-order chi connectivity index (χ0) is 20.4. The van der Waals surface area contributed by atoms with E-state index in [1.807, 2.05) is 11.5 Å². The average molecular weight is 393 g/mol. The molecular weight excluding hydrogens is 369 g/mol. The Morgan fingerprint density at radius 2 is 2.00 bits per heavy atom. The van der Waals surface area contributed by atoms with E-state index in [2.05, 4.69) is 26.8 Å². The van der Waals surface area contributed by atoms with E-state index >= 15 is 0 Å². The van der Waals surface area contributed by atoms with Crippen molar-refractivity contribution in [1.82, 2.24) is 19.5 Å². The fraction of sp³-hybridized carbons (Fsp3) is 0.409. The molecule has 29 heavy (non-hydrogen) atoms. The minimum absolute atomic E-state index is 0.224. The molecule has 0 amide bonds. The molecule has 6 nitrogen and oxygen atoms in total. The van der Waals surface area contributed by atoms with Gasteiger partial charge >= 0.3 is 0 Å². The molecule has 4 rings (SSSR count). The molecule has 0 bridgehead atoms. The van der Waals surface area contributed by atoms with Crippen LogP contribution in [0, 0.1) is 17.7 Å². The monoisotopic (exact) mass is 393 g/mol. The van der Waals surface area contributed by atoms with Crippen molar-refractivity contribution in [2.45, 2.75) is 57.6 Å². The van der Waals surface area contributed by atoms with Crippen molar-refractivity contribution in [1.29, 1.82) is 0 Å². The summed E-state index contributed by atoms with van der Waals surface area (Å²) >= 11 is 0. The molecule has 1 aliphatic carbocycles. The average Bonchev–Trinajstić information content (AvgIpc) is 3.07. The molecule has 2 aromatic heterocycles. The van der Waals surface area contributed by atoms with Gasteiger partial charge < -0.3 is 15.4 Å². The second-order valence-corrected chi connectivity index (χ2v) is 7.54. The molecule has 3 N–H and O–H groups in total. The number of nitrogens with zero attached hydrogens (tertiary/aromatic N) is 4. The van der Waals surface area contributed by atoms with E-state index in [0.717, 1.165) is 25.7 Å². The van der Waals surface area contributed by atoms with Gasteiger partial charge in [0.05, 0.1) is 0 Å². The summed E-state index contributed by atoms with van der Waals surface area (Å²) in [6.07, 6.45) is 5.22. The molecule has 7 heteroatoms.